The van der Waals surface area contributed by atoms with E-state index >= 15 is 0 Å². The Labute approximate surface area is 174 Å². The van der Waals surface area contributed by atoms with Gasteiger partial charge in [0.05, 0.1) is 18.5 Å². The van der Waals surface area contributed by atoms with Gasteiger partial charge in [0.25, 0.3) is 0 Å². The fourth-order valence-corrected chi connectivity index (χ4v) is 4.10. The van der Waals surface area contributed by atoms with E-state index in [-0.39, 0.29) is 6.61 Å². The number of benzene rings is 3. The number of aromatic nitrogens is 2. The van der Waals surface area contributed by atoms with E-state index in [0.717, 1.165) is 34.8 Å². The highest BCUT2D eigenvalue weighted by Gasteiger charge is 2.10. The van der Waals surface area contributed by atoms with E-state index in [9.17, 15) is 0 Å². The van der Waals surface area contributed by atoms with Crippen molar-refractivity contribution >= 4 is 27.4 Å². The van der Waals surface area contributed by atoms with Crippen molar-refractivity contribution in [2.75, 3.05) is 6.54 Å². The first-order valence-corrected chi connectivity index (χ1v) is 10.2. The number of H-pyrrole nitrogens is 2. The normalized spacial score (nSPS) is 12.5. The number of fused-ring (bicyclic) bond motifs is 3. The fourth-order valence-electron chi connectivity index (χ4n) is 4.10. The van der Waals surface area contributed by atoms with Gasteiger partial charge in [-0.25, -0.2) is 0 Å². The van der Waals surface area contributed by atoms with Crippen LogP contribution in [0.4, 0.5) is 0 Å². The molecule has 0 bridgehead atoms. The van der Waals surface area contributed by atoms with E-state index in [2.05, 4.69) is 69.7 Å². The Morgan fingerprint density at radius 1 is 0.733 bits per heavy atom. The van der Waals surface area contributed by atoms with Crippen LogP contribution in [-0.4, -0.2) is 21.6 Å². The topological polar surface area (TPSA) is 64.2 Å². The van der Waals surface area contributed by atoms with Crippen LogP contribution in [0.3, 0.4) is 0 Å². The zero-order valence-electron chi connectivity index (χ0n) is 16.6. The minimum absolute atomic E-state index is 0.101. The van der Waals surface area contributed by atoms with E-state index in [1.165, 1.54) is 27.3 Å². The van der Waals surface area contributed by atoms with Crippen molar-refractivity contribution in [3.63, 3.8) is 0 Å². The van der Waals surface area contributed by atoms with Crippen molar-refractivity contribution in [2.24, 2.45) is 4.99 Å². The molecule has 3 aromatic carbocycles. The number of aromatic amines is 2. The van der Waals surface area contributed by atoms with E-state index in [1.807, 2.05) is 30.5 Å². The van der Waals surface area contributed by atoms with Crippen molar-refractivity contribution in [3.05, 3.63) is 107 Å². The molecule has 1 aliphatic rings. The number of aliphatic hydroxyl groups is 1. The number of para-hydroxylation sites is 3. The first-order chi connectivity index (χ1) is 14.8. The Bertz CT molecular complexity index is 1440. The largest absolute Gasteiger partial charge is 0.392 e. The average molecular weight is 393 g/mol. The molecule has 0 saturated heterocycles. The summed E-state index contributed by atoms with van der Waals surface area (Å²) in [4.78, 5) is 11.0. The van der Waals surface area contributed by atoms with E-state index in [1.54, 1.807) is 0 Å². The molecule has 0 saturated carbocycles. The van der Waals surface area contributed by atoms with Gasteiger partial charge >= 0.3 is 0 Å². The average Bonchev–Trinajstić information content (AvgIpc) is 3.52. The number of aliphatic hydroxyl groups excluding tert-OH is 1. The summed E-state index contributed by atoms with van der Waals surface area (Å²) in [6, 6.07) is 24.8. The van der Waals surface area contributed by atoms with Gasteiger partial charge in [-0.3, -0.25) is 4.99 Å². The predicted octanol–water partition coefficient (Wildman–Crippen LogP) is 3.85. The van der Waals surface area contributed by atoms with Crippen molar-refractivity contribution in [3.8, 4) is 0 Å². The summed E-state index contributed by atoms with van der Waals surface area (Å²) in [5, 5.41) is 13.8. The third kappa shape index (κ3) is 3.42. The molecule has 6 rings (SSSR count). The molecule has 0 atom stereocenters. The lowest BCUT2D eigenvalue weighted by molar-refractivity contribution is 0.283. The lowest BCUT2D eigenvalue weighted by Gasteiger charge is -2.00. The third-order valence-electron chi connectivity index (χ3n) is 5.65. The lowest BCUT2D eigenvalue weighted by atomic mass is 10.0. The van der Waals surface area contributed by atoms with Gasteiger partial charge in [0.15, 0.2) is 0 Å². The Hall–Kier alpha value is -3.63. The summed E-state index contributed by atoms with van der Waals surface area (Å²) < 4.78 is 0. The van der Waals surface area contributed by atoms with E-state index in [4.69, 9.17) is 5.11 Å². The predicted molar refractivity (Wildman–Crippen MR) is 122 cm³/mol. The second kappa shape index (κ2) is 8.01. The van der Waals surface area contributed by atoms with Crippen molar-refractivity contribution in [1.29, 1.82) is 0 Å². The first-order valence-electron chi connectivity index (χ1n) is 10.2. The summed E-state index contributed by atoms with van der Waals surface area (Å²) in [5.41, 5.74) is 6.02. The Morgan fingerprint density at radius 3 is 2.07 bits per heavy atom. The van der Waals surface area contributed by atoms with Crippen molar-refractivity contribution < 1.29 is 5.11 Å². The van der Waals surface area contributed by atoms with Crippen LogP contribution in [-0.2, 0) is 13.0 Å². The summed E-state index contributed by atoms with van der Waals surface area (Å²) in [5.74, 6) is 0. The first kappa shape index (κ1) is 18.4. The van der Waals surface area contributed by atoms with Crippen LogP contribution in [0.1, 0.15) is 11.1 Å². The molecular formula is C26H23N3O. The van der Waals surface area contributed by atoms with E-state index in [0.29, 0.717) is 0 Å². The molecule has 2 aromatic heterocycles. The highest BCUT2D eigenvalue weighted by molar-refractivity contribution is 5.84. The van der Waals surface area contributed by atoms with Gasteiger partial charge in [0.2, 0.25) is 0 Å². The molecule has 3 heterocycles. The zero-order valence-corrected chi connectivity index (χ0v) is 16.6. The SMILES string of the molecule is OCc1c[nH]c2ccccc12.c1ccc2c(c1)=NCC=2Cc1c[nH]c2ccccc12. The second-order valence-electron chi connectivity index (χ2n) is 7.49. The van der Waals surface area contributed by atoms with Crippen LogP contribution in [0.5, 0.6) is 0 Å². The van der Waals surface area contributed by atoms with Gasteiger partial charge in [0.1, 0.15) is 0 Å². The van der Waals surface area contributed by atoms with Gasteiger partial charge in [-0.2, -0.15) is 0 Å². The molecule has 0 aliphatic carbocycles. The zero-order chi connectivity index (χ0) is 20.3. The van der Waals surface area contributed by atoms with Crippen LogP contribution in [0, 0.1) is 0 Å². The van der Waals surface area contributed by atoms with Crippen LogP contribution >= 0.6 is 0 Å². The van der Waals surface area contributed by atoms with Gasteiger partial charge in [-0.15, -0.1) is 0 Å². The quantitative estimate of drug-likeness (QED) is 0.428. The molecule has 1 aliphatic heterocycles. The molecular weight excluding hydrogens is 370 g/mol. The Kier molecular flexibility index (Phi) is 4.91. The maximum absolute atomic E-state index is 8.90. The van der Waals surface area contributed by atoms with Crippen molar-refractivity contribution in [1.82, 2.24) is 9.97 Å². The molecule has 0 unspecified atom stereocenters. The summed E-state index contributed by atoms with van der Waals surface area (Å²) >= 11 is 0. The van der Waals surface area contributed by atoms with Crippen LogP contribution < -0.4 is 10.6 Å². The molecule has 30 heavy (non-hydrogen) atoms. The molecule has 0 radical (unpaired) electrons. The van der Waals surface area contributed by atoms with E-state index < -0.39 is 0 Å². The molecule has 3 N–H and O–H groups in total. The van der Waals surface area contributed by atoms with Gasteiger partial charge < -0.3 is 15.1 Å². The van der Waals surface area contributed by atoms with Gasteiger partial charge in [-0.05, 0) is 35.8 Å². The standard InChI is InChI=1S/C17H14N2.C9H9NO/c1-3-7-16-14(5-1)12(10-18-16)9-13-11-19-17-8-4-2-6-15(13)17;11-6-7-5-10-9-4-2-1-3-8(7)9/h1-8,10,18H,9,11H2;1-5,10-11H,6H2. The molecule has 148 valence electrons. The highest BCUT2D eigenvalue weighted by atomic mass is 16.3. The number of rotatable bonds is 3. The van der Waals surface area contributed by atoms with Crippen LogP contribution in [0.25, 0.3) is 27.4 Å². The maximum atomic E-state index is 8.90. The monoisotopic (exact) mass is 393 g/mol. The molecule has 5 aromatic rings. The highest BCUT2D eigenvalue weighted by Crippen LogP contribution is 2.21. The number of nitrogens with zero attached hydrogens (tertiary/aromatic N) is 1. The summed E-state index contributed by atoms with van der Waals surface area (Å²) in [7, 11) is 0. The smallest absolute Gasteiger partial charge is 0.0702 e. The van der Waals surface area contributed by atoms with Gasteiger partial charge in [-0.1, -0.05) is 54.6 Å². The third-order valence-corrected chi connectivity index (χ3v) is 5.65. The number of nitrogens with one attached hydrogen (secondary N) is 2. The summed E-state index contributed by atoms with van der Waals surface area (Å²) in [6.45, 7) is 0.933. The molecule has 0 spiro atoms. The lowest BCUT2D eigenvalue weighted by Crippen LogP contribution is -2.22. The Morgan fingerprint density at radius 2 is 1.33 bits per heavy atom. The van der Waals surface area contributed by atoms with Crippen molar-refractivity contribution in [2.45, 2.75) is 13.0 Å². The fraction of sp³-hybridized carbons (Fsp3) is 0.115. The van der Waals surface area contributed by atoms with Crippen LogP contribution in [0.15, 0.2) is 90.2 Å². The molecule has 4 nitrogen and oxygen atoms in total. The maximum Gasteiger partial charge on any atom is 0.0702 e. The Balaban J connectivity index is 0.000000149. The van der Waals surface area contributed by atoms with Gasteiger partial charge in [0, 0.05) is 45.0 Å². The molecule has 4 heteroatoms. The van der Waals surface area contributed by atoms with Crippen LogP contribution in [0.2, 0.25) is 0 Å². The minimum Gasteiger partial charge on any atom is -0.392 e. The molecule has 0 amide bonds. The second-order valence-corrected chi connectivity index (χ2v) is 7.49. The molecule has 0 fully saturated rings. The number of hydrogen-bond donors (Lipinski definition) is 3. The minimum atomic E-state index is 0.101. The summed E-state index contributed by atoms with van der Waals surface area (Å²) in [6.07, 6.45) is 4.94. The number of hydrogen-bond acceptors (Lipinski definition) is 2.